The molecule has 0 radical (unpaired) electrons. The van der Waals surface area contributed by atoms with E-state index in [4.69, 9.17) is 4.74 Å². The number of hydrogen-bond acceptors (Lipinski definition) is 5. The summed E-state index contributed by atoms with van der Waals surface area (Å²) in [6.07, 6.45) is 4.18. The van der Waals surface area contributed by atoms with Gasteiger partial charge in [-0.2, -0.15) is 0 Å². The summed E-state index contributed by atoms with van der Waals surface area (Å²) in [5.41, 5.74) is 1.13. The van der Waals surface area contributed by atoms with Crippen LogP contribution in [0.2, 0.25) is 0 Å². The third kappa shape index (κ3) is 3.54. The van der Waals surface area contributed by atoms with E-state index in [1.807, 2.05) is 24.3 Å². The summed E-state index contributed by atoms with van der Waals surface area (Å²) in [5.74, 6) is 1.74. The minimum Gasteiger partial charge on any atom is -0.376 e. The van der Waals surface area contributed by atoms with Gasteiger partial charge in [-0.25, -0.2) is 9.97 Å². The van der Waals surface area contributed by atoms with Gasteiger partial charge in [-0.15, -0.1) is 0 Å². The second-order valence-corrected chi connectivity index (χ2v) is 5.36. The summed E-state index contributed by atoms with van der Waals surface area (Å²) >= 11 is 0. The van der Waals surface area contributed by atoms with Crippen LogP contribution in [0.5, 0.6) is 0 Å². The van der Waals surface area contributed by atoms with E-state index < -0.39 is 0 Å². The summed E-state index contributed by atoms with van der Waals surface area (Å²) in [6, 6.07) is 12.3. The molecule has 1 N–H and O–H groups in total. The van der Waals surface area contributed by atoms with Crippen molar-refractivity contribution in [3.8, 4) is 0 Å². The number of benzene rings is 1. The Hall–Kier alpha value is -2.14. The summed E-state index contributed by atoms with van der Waals surface area (Å²) in [5, 5.41) is 3.35. The van der Waals surface area contributed by atoms with Crippen molar-refractivity contribution in [1.29, 1.82) is 0 Å². The van der Waals surface area contributed by atoms with Crippen LogP contribution in [0.25, 0.3) is 0 Å². The van der Waals surface area contributed by atoms with E-state index in [1.165, 1.54) is 0 Å². The number of para-hydroxylation sites is 1. The molecule has 2 heterocycles. The Morgan fingerprint density at radius 2 is 2.14 bits per heavy atom. The number of anilines is 3. The zero-order valence-corrected chi connectivity index (χ0v) is 12.9. The van der Waals surface area contributed by atoms with Crippen LogP contribution in [0.4, 0.5) is 17.3 Å². The van der Waals surface area contributed by atoms with Crippen LogP contribution in [0.3, 0.4) is 0 Å². The Morgan fingerprint density at radius 1 is 1.27 bits per heavy atom. The van der Waals surface area contributed by atoms with E-state index in [2.05, 4.69) is 39.2 Å². The SMILES string of the molecule is CCN(c1ccccc1)c1cc(NCC2CCCO2)ncn1. The molecule has 0 spiro atoms. The Balaban J connectivity index is 1.71. The molecule has 0 saturated carbocycles. The molecule has 1 saturated heterocycles. The molecule has 2 aromatic rings. The molecule has 0 bridgehead atoms. The number of aromatic nitrogens is 2. The van der Waals surface area contributed by atoms with Gasteiger partial charge in [0.05, 0.1) is 6.10 Å². The first-order valence-corrected chi connectivity index (χ1v) is 7.87. The number of nitrogens with one attached hydrogen (secondary N) is 1. The largest absolute Gasteiger partial charge is 0.376 e. The van der Waals surface area contributed by atoms with Crippen molar-refractivity contribution in [3.63, 3.8) is 0 Å². The minimum atomic E-state index is 0.301. The van der Waals surface area contributed by atoms with Crippen molar-refractivity contribution in [3.05, 3.63) is 42.7 Å². The summed E-state index contributed by atoms with van der Waals surface area (Å²) in [4.78, 5) is 10.9. The van der Waals surface area contributed by atoms with Gasteiger partial charge in [0.15, 0.2) is 0 Å². The third-order valence-corrected chi connectivity index (χ3v) is 3.85. The van der Waals surface area contributed by atoms with Crippen LogP contribution in [-0.2, 0) is 4.74 Å². The molecule has 5 heteroatoms. The number of ether oxygens (including phenoxy) is 1. The van der Waals surface area contributed by atoms with Crippen LogP contribution in [-0.4, -0.2) is 35.8 Å². The number of nitrogens with zero attached hydrogens (tertiary/aromatic N) is 3. The predicted octanol–water partition coefficient (Wildman–Crippen LogP) is 3.23. The van der Waals surface area contributed by atoms with Gasteiger partial charge in [-0.05, 0) is 31.9 Å². The summed E-state index contributed by atoms with van der Waals surface area (Å²) in [6.45, 7) is 4.65. The quantitative estimate of drug-likeness (QED) is 0.887. The molecule has 1 aliphatic heterocycles. The lowest BCUT2D eigenvalue weighted by molar-refractivity contribution is 0.120. The highest BCUT2D eigenvalue weighted by Gasteiger charge is 2.15. The zero-order valence-electron chi connectivity index (χ0n) is 12.9. The molecule has 3 rings (SSSR count). The van der Waals surface area contributed by atoms with Gasteiger partial charge >= 0.3 is 0 Å². The molecule has 5 nitrogen and oxygen atoms in total. The van der Waals surface area contributed by atoms with Crippen molar-refractivity contribution < 1.29 is 4.74 Å². The van der Waals surface area contributed by atoms with E-state index >= 15 is 0 Å². The molecule has 1 aromatic carbocycles. The normalized spacial score (nSPS) is 17.4. The lowest BCUT2D eigenvalue weighted by atomic mass is 10.2. The summed E-state index contributed by atoms with van der Waals surface area (Å²) < 4.78 is 5.63. The Kier molecular flexibility index (Phi) is 4.85. The van der Waals surface area contributed by atoms with Gasteiger partial charge in [0, 0.05) is 31.5 Å². The van der Waals surface area contributed by atoms with E-state index in [-0.39, 0.29) is 0 Å². The van der Waals surface area contributed by atoms with Crippen LogP contribution in [0.1, 0.15) is 19.8 Å². The maximum absolute atomic E-state index is 5.63. The van der Waals surface area contributed by atoms with Gasteiger partial charge in [-0.1, -0.05) is 18.2 Å². The van der Waals surface area contributed by atoms with Crippen LogP contribution in [0.15, 0.2) is 42.7 Å². The molecule has 1 atom stereocenters. The van der Waals surface area contributed by atoms with Gasteiger partial charge in [0.1, 0.15) is 18.0 Å². The van der Waals surface area contributed by atoms with Crippen LogP contribution in [0, 0.1) is 0 Å². The predicted molar refractivity (Wildman–Crippen MR) is 88.6 cm³/mol. The number of rotatable bonds is 6. The lowest BCUT2D eigenvalue weighted by Crippen LogP contribution is -2.20. The summed E-state index contributed by atoms with van der Waals surface area (Å²) in [7, 11) is 0. The second-order valence-electron chi connectivity index (χ2n) is 5.36. The molecule has 22 heavy (non-hydrogen) atoms. The van der Waals surface area contributed by atoms with Gasteiger partial charge in [0.2, 0.25) is 0 Å². The first-order chi connectivity index (χ1) is 10.9. The van der Waals surface area contributed by atoms with E-state index in [0.29, 0.717) is 6.10 Å². The van der Waals surface area contributed by atoms with Crippen LogP contribution < -0.4 is 10.2 Å². The maximum atomic E-state index is 5.63. The van der Waals surface area contributed by atoms with Gasteiger partial charge < -0.3 is 15.0 Å². The van der Waals surface area contributed by atoms with Crippen LogP contribution >= 0.6 is 0 Å². The fraction of sp³-hybridized carbons (Fsp3) is 0.412. The molecule has 116 valence electrons. The van der Waals surface area contributed by atoms with E-state index in [1.54, 1.807) is 6.33 Å². The monoisotopic (exact) mass is 298 g/mol. The maximum Gasteiger partial charge on any atom is 0.138 e. The lowest BCUT2D eigenvalue weighted by Gasteiger charge is -2.22. The van der Waals surface area contributed by atoms with Crippen molar-refractivity contribution in [2.75, 3.05) is 29.9 Å². The highest BCUT2D eigenvalue weighted by atomic mass is 16.5. The van der Waals surface area contributed by atoms with Gasteiger partial charge in [-0.3, -0.25) is 0 Å². The molecular weight excluding hydrogens is 276 g/mol. The topological polar surface area (TPSA) is 50.3 Å². The third-order valence-electron chi connectivity index (χ3n) is 3.85. The fourth-order valence-corrected chi connectivity index (χ4v) is 2.70. The fourth-order valence-electron chi connectivity index (χ4n) is 2.70. The average molecular weight is 298 g/mol. The standard InChI is InChI=1S/C17H22N4O/c1-2-21(14-7-4-3-5-8-14)17-11-16(19-13-20-17)18-12-15-9-6-10-22-15/h3-5,7-8,11,13,15H,2,6,9-10,12H2,1H3,(H,18,19,20). The highest BCUT2D eigenvalue weighted by Crippen LogP contribution is 2.24. The molecule has 1 fully saturated rings. The second kappa shape index (κ2) is 7.22. The minimum absolute atomic E-state index is 0.301. The first-order valence-electron chi connectivity index (χ1n) is 7.87. The first kappa shape index (κ1) is 14.8. The van der Waals surface area contributed by atoms with E-state index in [0.717, 1.165) is 49.9 Å². The van der Waals surface area contributed by atoms with Crippen molar-refractivity contribution in [2.24, 2.45) is 0 Å². The Bertz CT molecular complexity index is 584. The zero-order chi connectivity index (χ0) is 15.2. The van der Waals surface area contributed by atoms with Gasteiger partial charge in [0.25, 0.3) is 0 Å². The Labute approximate surface area is 131 Å². The molecular formula is C17H22N4O. The average Bonchev–Trinajstić information content (AvgIpc) is 3.09. The molecule has 1 aromatic heterocycles. The van der Waals surface area contributed by atoms with Crippen molar-refractivity contribution in [2.45, 2.75) is 25.9 Å². The Morgan fingerprint density at radius 3 is 2.86 bits per heavy atom. The van der Waals surface area contributed by atoms with Crippen molar-refractivity contribution >= 4 is 17.3 Å². The molecule has 0 aliphatic carbocycles. The van der Waals surface area contributed by atoms with Crippen molar-refractivity contribution in [1.82, 2.24) is 9.97 Å². The van der Waals surface area contributed by atoms with E-state index in [9.17, 15) is 0 Å². The highest BCUT2D eigenvalue weighted by molar-refractivity contribution is 5.61. The molecule has 1 aliphatic rings. The molecule has 0 amide bonds. The smallest absolute Gasteiger partial charge is 0.138 e. The number of hydrogen-bond donors (Lipinski definition) is 1. The molecule has 1 unspecified atom stereocenters.